The first kappa shape index (κ1) is 24.7. The first-order valence-corrected chi connectivity index (χ1v) is 11.8. The largest absolute Gasteiger partial charge is 0.465 e. The topological polar surface area (TPSA) is 102 Å². The highest BCUT2D eigenvalue weighted by Crippen LogP contribution is 2.39. The van der Waals surface area contributed by atoms with Crippen LogP contribution in [0.25, 0.3) is 11.1 Å². The normalized spacial score (nSPS) is 15.6. The highest BCUT2D eigenvalue weighted by Gasteiger charge is 2.29. The van der Waals surface area contributed by atoms with Gasteiger partial charge in [-0.15, -0.1) is 11.3 Å². The third-order valence-electron chi connectivity index (χ3n) is 5.35. The molecule has 0 aliphatic carbocycles. The lowest BCUT2D eigenvalue weighted by Gasteiger charge is -2.31. The lowest BCUT2D eigenvalue weighted by molar-refractivity contribution is -0.154. The zero-order valence-electron chi connectivity index (χ0n) is 18.4. The van der Waals surface area contributed by atoms with Crippen LogP contribution < -0.4 is 5.32 Å². The van der Waals surface area contributed by atoms with E-state index in [1.54, 1.807) is 41.5 Å². The van der Waals surface area contributed by atoms with Crippen molar-refractivity contribution in [2.75, 3.05) is 32.1 Å². The number of ether oxygens (including phenoxy) is 2. The van der Waals surface area contributed by atoms with E-state index >= 15 is 0 Å². The van der Waals surface area contributed by atoms with E-state index in [2.05, 4.69) is 5.32 Å². The maximum atomic E-state index is 12.5. The van der Waals surface area contributed by atoms with Gasteiger partial charge >= 0.3 is 11.9 Å². The zero-order valence-corrected chi connectivity index (χ0v) is 20.0. The lowest BCUT2D eigenvalue weighted by atomic mass is 9.98. The second kappa shape index (κ2) is 11.3. The molecule has 1 N–H and O–H groups in total. The Balaban J connectivity index is 1.66. The number of anilines is 1. The average Bonchev–Trinajstić information content (AvgIpc) is 3.24. The molecule has 0 radical (unpaired) electrons. The van der Waals surface area contributed by atoms with Gasteiger partial charge in [0.2, 0.25) is 5.91 Å². The van der Waals surface area contributed by atoms with Gasteiger partial charge in [0.15, 0.2) is 6.61 Å². The number of nitrogens with one attached hydrogen (secondary N) is 1. The fourth-order valence-corrected chi connectivity index (χ4v) is 4.87. The number of halogens is 1. The van der Waals surface area contributed by atoms with Crippen molar-refractivity contribution < 1.29 is 28.7 Å². The maximum absolute atomic E-state index is 12.5. The molecule has 33 heavy (non-hydrogen) atoms. The molecule has 1 aromatic heterocycles. The van der Waals surface area contributed by atoms with E-state index < -0.39 is 30.4 Å². The second-order valence-electron chi connectivity index (χ2n) is 7.51. The molecular formula is C23H25ClN2O6S. The Bertz CT molecular complexity index is 1050. The molecule has 1 aliphatic heterocycles. The van der Waals surface area contributed by atoms with Crippen molar-refractivity contribution in [1.82, 2.24) is 4.90 Å². The molecule has 8 nitrogen and oxygen atoms in total. The van der Waals surface area contributed by atoms with Crippen LogP contribution in [-0.4, -0.2) is 55.5 Å². The van der Waals surface area contributed by atoms with Gasteiger partial charge in [-0.25, -0.2) is 4.79 Å². The zero-order chi connectivity index (χ0) is 24.0. The molecule has 1 aliphatic rings. The molecule has 3 rings (SSSR count). The lowest BCUT2D eigenvalue weighted by Crippen LogP contribution is -2.42. The van der Waals surface area contributed by atoms with Gasteiger partial charge in [-0.2, -0.15) is 0 Å². The van der Waals surface area contributed by atoms with Crippen LogP contribution in [0.15, 0.2) is 29.6 Å². The molecule has 2 heterocycles. The Labute approximate surface area is 200 Å². The minimum Gasteiger partial charge on any atom is -0.465 e. The molecule has 0 saturated carbocycles. The molecule has 10 heteroatoms. The number of hydrogen-bond donors (Lipinski definition) is 1. The second-order valence-corrected chi connectivity index (χ2v) is 8.80. The van der Waals surface area contributed by atoms with E-state index in [0.717, 1.165) is 11.3 Å². The van der Waals surface area contributed by atoms with E-state index in [1.807, 2.05) is 0 Å². The fourth-order valence-electron chi connectivity index (χ4n) is 3.67. The third-order valence-corrected chi connectivity index (χ3v) is 6.58. The number of rotatable bonds is 7. The van der Waals surface area contributed by atoms with E-state index in [1.165, 1.54) is 7.11 Å². The molecule has 2 aromatic rings. The number of carbonyl (C=O) groups is 4. The number of nitrogens with zero attached hydrogens (tertiary/aromatic N) is 1. The summed E-state index contributed by atoms with van der Waals surface area (Å²) in [5.41, 5.74) is 1.34. The molecule has 176 valence electrons. The van der Waals surface area contributed by atoms with Crippen molar-refractivity contribution in [2.24, 2.45) is 5.92 Å². The van der Waals surface area contributed by atoms with Gasteiger partial charge < -0.3 is 19.7 Å². The predicted octanol–water partition coefficient (Wildman–Crippen LogP) is 3.99. The standard InChI is InChI=1S/C23H25ClN2O6S/c1-3-19(28)26-10-6-7-14(11-26)22(29)32-12-18(27)25-21-20(23(30)31-2)16(13-33-21)15-8-4-5-9-17(15)24/h4-5,8-9,13-14H,3,6-7,10-12H2,1-2H3,(H,25,27). The third kappa shape index (κ3) is 5.91. The average molecular weight is 493 g/mol. The SMILES string of the molecule is CCC(=O)N1CCCC(C(=O)OCC(=O)Nc2scc(-c3ccccc3Cl)c2C(=O)OC)C1. The van der Waals surface area contributed by atoms with E-state index in [-0.39, 0.29) is 16.5 Å². The number of methoxy groups -OCH3 is 1. The summed E-state index contributed by atoms with van der Waals surface area (Å²) in [5.74, 6) is -2.19. The predicted molar refractivity (Wildman–Crippen MR) is 125 cm³/mol. The summed E-state index contributed by atoms with van der Waals surface area (Å²) in [6, 6.07) is 7.03. The first-order valence-electron chi connectivity index (χ1n) is 10.5. The first-order chi connectivity index (χ1) is 15.8. The van der Waals surface area contributed by atoms with Gasteiger partial charge in [0.25, 0.3) is 5.91 Å². The Morgan fingerprint density at radius 2 is 1.97 bits per heavy atom. The summed E-state index contributed by atoms with van der Waals surface area (Å²) in [6.07, 6.45) is 1.69. The summed E-state index contributed by atoms with van der Waals surface area (Å²) in [4.78, 5) is 50.9. The molecule has 1 atom stereocenters. The quantitative estimate of drug-likeness (QED) is 0.586. The van der Waals surface area contributed by atoms with Crippen LogP contribution in [-0.2, 0) is 23.9 Å². The molecule has 1 aromatic carbocycles. The van der Waals surface area contributed by atoms with Crippen molar-refractivity contribution in [1.29, 1.82) is 0 Å². The van der Waals surface area contributed by atoms with Crippen LogP contribution >= 0.6 is 22.9 Å². The van der Waals surface area contributed by atoms with Gasteiger partial charge in [0.05, 0.1) is 13.0 Å². The monoisotopic (exact) mass is 492 g/mol. The number of likely N-dealkylation sites (tertiary alicyclic amines) is 1. The number of benzene rings is 1. The smallest absolute Gasteiger partial charge is 0.341 e. The Hall–Kier alpha value is -2.91. The maximum Gasteiger partial charge on any atom is 0.341 e. The molecule has 0 spiro atoms. The Morgan fingerprint density at radius 3 is 2.67 bits per heavy atom. The molecule has 1 unspecified atom stereocenters. The summed E-state index contributed by atoms with van der Waals surface area (Å²) < 4.78 is 10.1. The van der Waals surface area contributed by atoms with Gasteiger partial charge in [-0.1, -0.05) is 36.7 Å². The van der Waals surface area contributed by atoms with Crippen LogP contribution in [0.1, 0.15) is 36.5 Å². The van der Waals surface area contributed by atoms with Gasteiger partial charge in [0, 0.05) is 41.0 Å². The van der Waals surface area contributed by atoms with Crippen molar-refractivity contribution in [3.63, 3.8) is 0 Å². The molecule has 1 fully saturated rings. The summed E-state index contributed by atoms with van der Waals surface area (Å²) in [5, 5.41) is 5.06. The summed E-state index contributed by atoms with van der Waals surface area (Å²) in [6.45, 7) is 2.20. The highest BCUT2D eigenvalue weighted by atomic mass is 35.5. The molecule has 0 bridgehead atoms. The van der Waals surface area contributed by atoms with Crippen LogP contribution in [0.5, 0.6) is 0 Å². The van der Waals surface area contributed by atoms with Gasteiger partial charge in [-0.05, 0) is 18.9 Å². The summed E-state index contributed by atoms with van der Waals surface area (Å²) >= 11 is 7.42. The van der Waals surface area contributed by atoms with Gasteiger partial charge in [-0.3, -0.25) is 14.4 Å². The van der Waals surface area contributed by atoms with Crippen molar-refractivity contribution in [3.05, 3.63) is 40.2 Å². The molecule has 1 saturated heterocycles. The van der Waals surface area contributed by atoms with Crippen LogP contribution in [0.3, 0.4) is 0 Å². The van der Waals surface area contributed by atoms with E-state index in [0.29, 0.717) is 48.5 Å². The number of amides is 2. The molecular weight excluding hydrogens is 468 g/mol. The van der Waals surface area contributed by atoms with Crippen LogP contribution in [0, 0.1) is 5.92 Å². The van der Waals surface area contributed by atoms with Crippen molar-refractivity contribution in [2.45, 2.75) is 26.2 Å². The van der Waals surface area contributed by atoms with Crippen molar-refractivity contribution in [3.8, 4) is 11.1 Å². The van der Waals surface area contributed by atoms with E-state index in [4.69, 9.17) is 21.1 Å². The minimum atomic E-state index is -0.624. The van der Waals surface area contributed by atoms with Crippen LogP contribution in [0.4, 0.5) is 5.00 Å². The van der Waals surface area contributed by atoms with Crippen LogP contribution in [0.2, 0.25) is 5.02 Å². The van der Waals surface area contributed by atoms with Gasteiger partial charge in [0.1, 0.15) is 10.6 Å². The number of thiophene rings is 1. The highest BCUT2D eigenvalue weighted by molar-refractivity contribution is 7.15. The number of esters is 2. The fraction of sp³-hybridized carbons (Fsp3) is 0.391. The van der Waals surface area contributed by atoms with Crippen molar-refractivity contribution >= 4 is 51.7 Å². The Kier molecular flexibility index (Phi) is 8.46. The van der Waals surface area contributed by atoms with E-state index in [9.17, 15) is 19.2 Å². The number of carbonyl (C=O) groups excluding carboxylic acids is 4. The minimum absolute atomic E-state index is 0.00685. The molecule has 2 amide bonds. The Morgan fingerprint density at radius 1 is 1.21 bits per heavy atom. The number of piperidine rings is 1. The number of hydrogen-bond acceptors (Lipinski definition) is 7. The summed E-state index contributed by atoms with van der Waals surface area (Å²) in [7, 11) is 1.25.